The zero-order valence-corrected chi connectivity index (χ0v) is 11.7. The number of halogens is 2. The van der Waals surface area contributed by atoms with Gasteiger partial charge in [-0.25, -0.2) is 0 Å². The topological polar surface area (TPSA) is 24.5 Å². The van der Waals surface area contributed by atoms with Crippen LogP contribution < -0.4 is 10.1 Å². The van der Waals surface area contributed by atoms with E-state index in [1.54, 1.807) is 24.3 Å². The Bertz CT molecular complexity index is 357. The van der Waals surface area contributed by atoms with Gasteiger partial charge < -0.3 is 15.0 Å². The summed E-state index contributed by atoms with van der Waals surface area (Å²) in [6, 6.07) is 6.93. The number of nitrogens with zero attached hydrogens (tertiary/aromatic N) is 1. The molecule has 0 aliphatic rings. The van der Waals surface area contributed by atoms with E-state index in [4.69, 9.17) is 0 Å². The van der Waals surface area contributed by atoms with Gasteiger partial charge in [-0.05, 0) is 38.2 Å². The third kappa shape index (κ3) is 5.98. The summed E-state index contributed by atoms with van der Waals surface area (Å²) in [7, 11) is 2.07. The van der Waals surface area contributed by atoms with Gasteiger partial charge in [-0.1, -0.05) is 19.1 Å². The maximum atomic E-state index is 12.0. The third-order valence-electron chi connectivity index (χ3n) is 3.09. The average molecular weight is 272 g/mol. The van der Waals surface area contributed by atoms with Gasteiger partial charge in [0.05, 0.1) is 0 Å². The van der Waals surface area contributed by atoms with Crippen LogP contribution in [0.1, 0.15) is 25.5 Å². The Morgan fingerprint density at radius 1 is 1.26 bits per heavy atom. The second-order valence-electron chi connectivity index (χ2n) is 4.52. The molecule has 1 aromatic rings. The predicted octanol–water partition coefficient (Wildman–Crippen LogP) is 2.89. The van der Waals surface area contributed by atoms with E-state index < -0.39 is 6.61 Å². The molecule has 0 radical (unpaired) electrons. The van der Waals surface area contributed by atoms with Crippen molar-refractivity contribution in [1.82, 2.24) is 10.2 Å². The molecule has 1 atom stereocenters. The normalized spacial score (nSPS) is 13.0. The van der Waals surface area contributed by atoms with Crippen LogP contribution in [0, 0.1) is 0 Å². The second kappa shape index (κ2) is 8.07. The van der Waals surface area contributed by atoms with Crippen LogP contribution in [0.25, 0.3) is 0 Å². The molecule has 108 valence electrons. The minimum atomic E-state index is -2.77. The Morgan fingerprint density at radius 3 is 2.42 bits per heavy atom. The van der Waals surface area contributed by atoms with E-state index in [1.165, 1.54) is 0 Å². The van der Waals surface area contributed by atoms with Crippen molar-refractivity contribution in [3.8, 4) is 5.75 Å². The number of alkyl halides is 2. The molecule has 1 aromatic carbocycles. The van der Waals surface area contributed by atoms with Crippen molar-refractivity contribution in [3.63, 3.8) is 0 Å². The Balaban J connectivity index is 2.42. The number of nitrogens with one attached hydrogen (secondary N) is 1. The van der Waals surface area contributed by atoms with E-state index in [1.807, 2.05) is 0 Å². The van der Waals surface area contributed by atoms with Crippen LogP contribution in [-0.2, 0) is 0 Å². The molecule has 0 amide bonds. The van der Waals surface area contributed by atoms with Crippen molar-refractivity contribution in [3.05, 3.63) is 29.8 Å². The first-order valence-corrected chi connectivity index (χ1v) is 6.49. The molecule has 0 saturated heterocycles. The molecule has 3 nitrogen and oxygen atoms in total. The van der Waals surface area contributed by atoms with E-state index in [0.717, 1.165) is 25.2 Å². The molecular formula is C14H22F2N2O. The highest BCUT2D eigenvalue weighted by Gasteiger charge is 2.07. The van der Waals surface area contributed by atoms with E-state index >= 15 is 0 Å². The van der Waals surface area contributed by atoms with Gasteiger partial charge in [-0.2, -0.15) is 8.78 Å². The van der Waals surface area contributed by atoms with Crippen molar-refractivity contribution in [2.75, 3.05) is 26.7 Å². The monoisotopic (exact) mass is 272 g/mol. The lowest BCUT2D eigenvalue weighted by Crippen LogP contribution is -2.30. The van der Waals surface area contributed by atoms with Gasteiger partial charge in [0, 0.05) is 19.1 Å². The predicted molar refractivity (Wildman–Crippen MR) is 72.7 cm³/mol. The van der Waals surface area contributed by atoms with Crippen LogP contribution in [0.4, 0.5) is 8.78 Å². The molecule has 0 saturated carbocycles. The minimum absolute atomic E-state index is 0.186. The fourth-order valence-corrected chi connectivity index (χ4v) is 1.69. The standard InChI is InChI=1S/C14H22F2N2O/c1-4-18(3)10-9-17-11(2)12-5-7-13(8-6-12)19-14(15)16/h5-8,11,14,17H,4,9-10H2,1-3H3. The quantitative estimate of drug-likeness (QED) is 0.787. The van der Waals surface area contributed by atoms with Crippen LogP contribution in [0.2, 0.25) is 0 Å². The molecule has 1 N–H and O–H groups in total. The number of ether oxygens (including phenoxy) is 1. The van der Waals surface area contributed by atoms with Crippen LogP contribution in [0.15, 0.2) is 24.3 Å². The van der Waals surface area contributed by atoms with Gasteiger partial charge in [0.1, 0.15) is 5.75 Å². The van der Waals surface area contributed by atoms with E-state index in [-0.39, 0.29) is 11.8 Å². The van der Waals surface area contributed by atoms with Crippen molar-refractivity contribution in [2.24, 2.45) is 0 Å². The molecule has 19 heavy (non-hydrogen) atoms. The fourth-order valence-electron chi connectivity index (χ4n) is 1.69. The lowest BCUT2D eigenvalue weighted by molar-refractivity contribution is -0.0498. The Labute approximate surface area is 113 Å². The van der Waals surface area contributed by atoms with Crippen LogP contribution in [0.3, 0.4) is 0 Å². The van der Waals surface area contributed by atoms with Gasteiger partial charge in [0.15, 0.2) is 0 Å². The molecule has 5 heteroatoms. The largest absolute Gasteiger partial charge is 0.435 e. The summed E-state index contributed by atoms with van der Waals surface area (Å²) in [6.45, 7) is 4.29. The zero-order chi connectivity index (χ0) is 14.3. The highest BCUT2D eigenvalue weighted by Crippen LogP contribution is 2.18. The number of benzene rings is 1. The van der Waals surface area contributed by atoms with Gasteiger partial charge in [-0.3, -0.25) is 0 Å². The van der Waals surface area contributed by atoms with E-state index in [9.17, 15) is 8.78 Å². The van der Waals surface area contributed by atoms with E-state index in [2.05, 4.69) is 35.8 Å². The molecule has 1 unspecified atom stereocenters. The molecule has 0 bridgehead atoms. The summed E-state index contributed by atoms with van der Waals surface area (Å²) >= 11 is 0. The third-order valence-corrected chi connectivity index (χ3v) is 3.09. The number of rotatable bonds is 8. The number of likely N-dealkylation sites (N-methyl/N-ethyl adjacent to an activating group) is 1. The van der Waals surface area contributed by atoms with Gasteiger partial charge in [0.25, 0.3) is 0 Å². The SMILES string of the molecule is CCN(C)CCNC(C)c1ccc(OC(F)F)cc1. The highest BCUT2D eigenvalue weighted by molar-refractivity contribution is 5.28. The van der Waals surface area contributed by atoms with Crippen LogP contribution in [0.5, 0.6) is 5.75 Å². The zero-order valence-electron chi connectivity index (χ0n) is 11.7. The Kier molecular flexibility index (Phi) is 6.73. The first-order chi connectivity index (χ1) is 9.02. The summed E-state index contributed by atoms with van der Waals surface area (Å²) in [5.41, 5.74) is 1.06. The molecule has 0 spiro atoms. The van der Waals surface area contributed by atoms with Crippen LogP contribution in [-0.4, -0.2) is 38.2 Å². The summed E-state index contributed by atoms with van der Waals surface area (Å²) < 4.78 is 28.3. The van der Waals surface area contributed by atoms with Gasteiger partial charge in [0.2, 0.25) is 0 Å². The van der Waals surface area contributed by atoms with Crippen LogP contribution >= 0.6 is 0 Å². The Morgan fingerprint density at radius 2 is 1.89 bits per heavy atom. The van der Waals surface area contributed by atoms with Crippen molar-refractivity contribution in [1.29, 1.82) is 0 Å². The number of hydrogen-bond donors (Lipinski definition) is 1. The summed E-state index contributed by atoms with van der Waals surface area (Å²) in [6.07, 6.45) is 0. The summed E-state index contributed by atoms with van der Waals surface area (Å²) in [4.78, 5) is 2.22. The molecule has 0 heterocycles. The highest BCUT2D eigenvalue weighted by atomic mass is 19.3. The molecular weight excluding hydrogens is 250 g/mol. The average Bonchev–Trinajstić information content (AvgIpc) is 2.38. The minimum Gasteiger partial charge on any atom is -0.435 e. The maximum Gasteiger partial charge on any atom is 0.387 e. The molecule has 0 fully saturated rings. The van der Waals surface area contributed by atoms with Gasteiger partial charge in [-0.15, -0.1) is 0 Å². The van der Waals surface area contributed by atoms with Crippen molar-refractivity contribution in [2.45, 2.75) is 26.5 Å². The van der Waals surface area contributed by atoms with Crippen molar-refractivity contribution < 1.29 is 13.5 Å². The fraction of sp³-hybridized carbons (Fsp3) is 0.571. The summed E-state index contributed by atoms with van der Waals surface area (Å²) in [5.74, 6) is 0.191. The maximum absolute atomic E-state index is 12.0. The number of hydrogen-bond acceptors (Lipinski definition) is 3. The molecule has 0 aliphatic heterocycles. The van der Waals surface area contributed by atoms with Crippen molar-refractivity contribution >= 4 is 0 Å². The second-order valence-corrected chi connectivity index (χ2v) is 4.52. The lowest BCUT2D eigenvalue weighted by Gasteiger charge is -2.18. The Hall–Kier alpha value is -1.20. The molecule has 0 aromatic heterocycles. The smallest absolute Gasteiger partial charge is 0.387 e. The first kappa shape index (κ1) is 15.9. The van der Waals surface area contributed by atoms with Gasteiger partial charge >= 0.3 is 6.61 Å². The lowest BCUT2D eigenvalue weighted by atomic mass is 10.1. The molecule has 0 aliphatic carbocycles. The molecule has 1 rings (SSSR count). The van der Waals surface area contributed by atoms with E-state index in [0.29, 0.717) is 0 Å². The first-order valence-electron chi connectivity index (χ1n) is 6.49. The summed E-state index contributed by atoms with van der Waals surface area (Å²) in [5, 5.41) is 3.39.